The third kappa shape index (κ3) is 4.80. The molecule has 0 aliphatic carbocycles. The van der Waals surface area contributed by atoms with E-state index in [4.69, 9.17) is 5.10 Å². The standard InChI is InChI=1S/C21H24N4O3S2/c1-30(27,28)15-13-23-9-11-24(12-10-23)21(26)18-16-25(17-6-3-2-4-7-17)22-20(18)19-8-5-14-29-19/h2-8,14,16H,9-13,15H2,1H3. The molecule has 1 aliphatic rings. The van der Waals surface area contributed by atoms with Gasteiger partial charge in [0.2, 0.25) is 0 Å². The molecule has 1 amide bonds. The lowest BCUT2D eigenvalue weighted by molar-refractivity contribution is 0.0645. The fourth-order valence-electron chi connectivity index (χ4n) is 3.48. The minimum atomic E-state index is -2.98. The van der Waals surface area contributed by atoms with Crippen molar-refractivity contribution in [3.63, 3.8) is 0 Å². The van der Waals surface area contributed by atoms with Crippen molar-refractivity contribution in [2.75, 3.05) is 44.7 Å². The van der Waals surface area contributed by atoms with Gasteiger partial charge < -0.3 is 4.90 Å². The number of amides is 1. The molecule has 0 radical (unpaired) electrons. The number of hydrogen-bond donors (Lipinski definition) is 0. The fourth-order valence-corrected chi connectivity index (χ4v) is 4.79. The van der Waals surface area contributed by atoms with Crippen LogP contribution in [0.3, 0.4) is 0 Å². The molecule has 30 heavy (non-hydrogen) atoms. The maximum absolute atomic E-state index is 13.3. The van der Waals surface area contributed by atoms with Crippen LogP contribution in [0.25, 0.3) is 16.3 Å². The molecule has 158 valence electrons. The summed E-state index contributed by atoms with van der Waals surface area (Å²) in [6.07, 6.45) is 3.06. The van der Waals surface area contributed by atoms with Gasteiger partial charge in [-0.15, -0.1) is 11.3 Å². The number of nitrogens with zero attached hydrogens (tertiary/aromatic N) is 4. The van der Waals surface area contributed by atoms with E-state index in [0.29, 0.717) is 44.0 Å². The van der Waals surface area contributed by atoms with Gasteiger partial charge in [0, 0.05) is 45.2 Å². The van der Waals surface area contributed by atoms with Crippen LogP contribution in [-0.4, -0.2) is 78.6 Å². The second-order valence-corrected chi connectivity index (χ2v) is 10.6. The summed E-state index contributed by atoms with van der Waals surface area (Å²) in [6, 6.07) is 13.7. The number of carbonyl (C=O) groups is 1. The Hall–Kier alpha value is -2.49. The summed E-state index contributed by atoms with van der Waals surface area (Å²) >= 11 is 1.56. The number of carbonyl (C=O) groups excluding carboxylic acids is 1. The zero-order valence-electron chi connectivity index (χ0n) is 16.8. The van der Waals surface area contributed by atoms with Crippen LogP contribution in [0.4, 0.5) is 0 Å². The smallest absolute Gasteiger partial charge is 0.257 e. The maximum atomic E-state index is 13.3. The molecule has 0 atom stereocenters. The molecule has 0 bridgehead atoms. The third-order valence-electron chi connectivity index (χ3n) is 5.16. The molecular weight excluding hydrogens is 420 g/mol. The summed E-state index contributed by atoms with van der Waals surface area (Å²) in [4.78, 5) is 18.2. The highest BCUT2D eigenvalue weighted by molar-refractivity contribution is 7.90. The molecule has 0 N–H and O–H groups in total. The van der Waals surface area contributed by atoms with E-state index in [0.717, 1.165) is 10.6 Å². The summed E-state index contributed by atoms with van der Waals surface area (Å²) in [5.41, 5.74) is 2.18. The zero-order chi connectivity index (χ0) is 21.1. The molecule has 0 saturated carbocycles. The molecule has 1 fully saturated rings. The van der Waals surface area contributed by atoms with Crippen LogP contribution in [0.15, 0.2) is 54.0 Å². The minimum Gasteiger partial charge on any atom is -0.336 e. The lowest BCUT2D eigenvalue weighted by atomic mass is 10.1. The predicted molar refractivity (Wildman–Crippen MR) is 119 cm³/mol. The highest BCUT2D eigenvalue weighted by Crippen LogP contribution is 2.29. The van der Waals surface area contributed by atoms with E-state index in [-0.39, 0.29) is 11.7 Å². The number of piperazine rings is 1. The number of para-hydroxylation sites is 1. The van der Waals surface area contributed by atoms with Crippen LogP contribution < -0.4 is 0 Å². The van der Waals surface area contributed by atoms with E-state index in [2.05, 4.69) is 4.90 Å². The molecule has 9 heteroatoms. The highest BCUT2D eigenvalue weighted by atomic mass is 32.2. The van der Waals surface area contributed by atoms with Crippen LogP contribution in [-0.2, 0) is 9.84 Å². The molecule has 0 spiro atoms. The lowest BCUT2D eigenvalue weighted by Gasteiger charge is -2.34. The van der Waals surface area contributed by atoms with E-state index in [1.807, 2.05) is 58.9 Å². The summed E-state index contributed by atoms with van der Waals surface area (Å²) in [7, 11) is -2.98. The Bertz CT molecular complexity index is 1100. The average molecular weight is 445 g/mol. The van der Waals surface area contributed by atoms with Crippen molar-refractivity contribution in [3.05, 3.63) is 59.6 Å². The first-order valence-corrected chi connectivity index (χ1v) is 12.7. The molecule has 7 nitrogen and oxygen atoms in total. The van der Waals surface area contributed by atoms with Gasteiger partial charge in [-0.05, 0) is 23.6 Å². The molecule has 1 saturated heterocycles. The van der Waals surface area contributed by atoms with Crippen LogP contribution in [0.2, 0.25) is 0 Å². The van der Waals surface area contributed by atoms with Crippen molar-refractivity contribution in [2.24, 2.45) is 0 Å². The third-order valence-corrected chi connectivity index (χ3v) is 6.96. The van der Waals surface area contributed by atoms with Gasteiger partial charge in [0.05, 0.1) is 21.9 Å². The number of sulfone groups is 1. The van der Waals surface area contributed by atoms with Gasteiger partial charge in [0.15, 0.2) is 0 Å². The van der Waals surface area contributed by atoms with Crippen LogP contribution >= 0.6 is 11.3 Å². The average Bonchev–Trinajstić information content (AvgIpc) is 3.42. The van der Waals surface area contributed by atoms with Gasteiger partial charge >= 0.3 is 0 Å². The van der Waals surface area contributed by atoms with Gasteiger partial charge in [0.25, 0.3) is 5.91 Å². The molecule has 0 unspecified atom stereocenters. The summed E-state index contributed by atoms with van der Waals surface area (Å²) in [6.45, 7) is 2.99. The normalized spacial score (nSPS) is 15.4. The first-order valence-electron chi connectivity index (χ1n) is 9.79. The van der Waals surface area contributed by atoms with E-state index in [1.165, 1.54) is 6.26 Å². The Kier molecular flexibility index (Phi) is 6.03. The Morgan fingerprint density at radius 2 is 1.80 bits per heavy atom. The molecular formula is C21H24N4O3S2. The van der Waals surface area contributed by atoms with Crippen molar-refractivity contribution in [1.29, 1.82) is 0 Å². The number of hydrogen-bond acceptors (Lipinski definition) is 6. The van der Waals surface area contributed by atoms with Crippen molar-refractivity contribution in [3.8, 4) is 16.3 Å². The fraction of sp³-hybridized carbons (Fsp3) is 0.333. The topological polar surface area (TPSA) is 75.5 Å². The second kappa shape index (κ2) is 8.71. The molecule has 3 aromatic rings. The molecule has 3 heterocycles. The van der Waals surface area contributed by atoms with Gasteiger partial charge in [-0.3, -0.25) is 9.69 Å². The second-order valence-electron chi connectivity index (χ2n) is 7.41. The number of benzene rings is 1. The Morgan fingerprint density at radius 1 is 1.07 bits per heavy atom. The zero-order valence-corrected chi connectivity index (χ0v) is 18.4. The maximum Gasteiger partial charge on any atom is 0.257 e. The molecule has 4 rings (SSSR count). The first kappa shape index (κ1) is 20.8. The van der Waals surface area contributed by atoms with E-state index < -0.39 is 9.84 Å². The minimum absolute atomic E-state index is 0.0386. The molecule has 1 aromatic carbocycles. The van der Waals surface area contributed by atoms with E-state index >= 15 is 0 Å². The number of thiophene rings is 1. The first-order chi connectivity index (χ1) is 14.4. The van der Waals surface area contributed by atoms with E-state index in [9.17, 15) is 13.2 Å². The Balaban J connectivity index is 1.53. The molecule has 1 aliphatic heterocycles. The largest absolute Gasteiger partial charge is 0.336 e. The van der Waals surface area contributed by atoms with Gasteiger partial charge in [-0.1, -0.05) is 24.3 Å². The van der Waals surface area contributed by atoms with E-state index in [1.54, 1.807) is 16.0 Å². The Morgan fingerprint density at radius 3 is 2.43 bits per heavy atom. The van der Waals surface area contributed by atoms with Crippen LogP contribution in [0, 0.1) is 0 Å². The highest BCUT2D eigenvalue weighted by Gasteiger charge is 2.27. The predicted octanol–water partition coefficient (Wildman–Crippen LogP) is 2.40. The summed E-state index contributed by atoms with van der Waals surface area (Å²) in [5.74, 6) is 0.108. The van der Waals surface area contributed by atoms with Gasteiger partial charge in [0.1, 0.15) is 15.5 Å². The van der Waals surface area contributed by atoms with Gasteiger partial charge in [-0.2, -0.15) is 5.10 Å². The Labute approximate surface area is 180 Å². The molecule has 2 aromatic heterocycles. The van der Waals surface area contributed by atoms with Crippen molar-refractivity contribution < 1.29 is 13.2 Å². The summed E-state index contributed by atoms with van der Waals surface area (Å²) < 4.78 is 24.6. The lowest BCUT2D eigenvalue weighted by Crippen LogP contribution is -2.49. The monoisotopic (exact) mass is 444 g/mol. The number of rotatable bonds is 6. The summed E-state index contributed by atoms with van der Waals surface area (Å²) in [5, 5.41) is 6.69. The van der Waals surface area contributed by atoms with Crippen molar-refractivity contribution in [1.82, 2.24) is 19.6 Å². The number of aromatic nitrogens is 2. The van der Waals surface area contributed by atoms with Gasteiger partial charge in [-0.25, -0.2) is 13.1 Å². The van der Waals surface area contributed by atoms with Crippen LogP contribution in [0.5, 0.6) is 0 Å². The quantitative estimate of drug-likeness (QED) is 0.584. The van der Waals surface area contributed by atoms with Crippen LogP contribution in [0.1, 0.15) is 10.4 Å². The van der Waals surface area contributed by atoms with Crippen molar-refractivity contribution in [2.45, 2.75) is 0 Å². The van der Waals surface area contributed by atoms with Crippen molar-refractivity contribution >= 4 is 27.1 Å². The SMILES string of the molecule is CS(=O)(=O)CCN1CCN(C(=O)c2cn(-c3ccccc3)nc2-c2cccs2)CC1.